The van der Waals surface area contributed by atoms with Crippen LogP contribution in [0.1, 0.15) is 55.4 Å². The first kappa shape index (κ1) is 36.9. The van der Waals surface area contributed by atoms with Gasteiger partial charge < -0.3 is 28.1 Å². The van der Waals surface area contributed by atoms with Gasteiger partial charge in [-0.25, -0.2) is 0 Å². The molecule has 0 aromatic rings. The van der Waals surface area contributed by atoms with Crippen LogP contribution in [0.25, 0.3) is 0 Å². The first-order chi connectivity index (χ1) is 13.9. The normalized spacial score (nSPS) is 11.9. The smallest absolute Gasteiger partial charge is 0.291 e. The van der Waals surface area contributed by atoms with Gasteiger partial charge in [-0.2, -0.15) is 20.5 Å². The highest BCUT2D eigenvalue weighted by Gasteiger charge is 2.26. The van der Waals surface area contributed by atoms with Crippen LogP contribution >= 0.6 is 12.4 Å². The lowest BCUT2D eigenvalue weighted by atomic mass is 10.1. The Labute approximate surface area is 199 Å². The molecule has 0 bridgehead atoms. The predicted molar refractivity (Wildman–Crippen MR) is 130 cm³/mol. The highest BCUT2D eigenvalue weighted by atomic mass is 35.5. The Morgan fingerprint density at radius 2 is 0.727 bits per heavy atom. The Morgan fingerprint density at radius 1 is 0.636 bits per heavy atom. The van der Waals surface area contributed by atoms with Crippen LogP contribution in [-0.4, -0.2) is 55.8 Å². The van der Waals surface area contributed by atoms with Gasteiger partial charge in [0.25, 0.3) is 5.09 Å². The van der Waals surface area contributed by atoms with E-state index in [2.05, 4.69) is 20.5 Å². The average Bonchev–Trinajstić information content (AvgIpc) is 2.58. The van der Waals surface area contributed by atoms with Gasteiger partial charge in [0, 0.05) is 0 Å². The zero-order valence-electron chi connectivity index (χ0n) is 20.2. The van der Waals surface area contributed by atoms with E-state index in [0.29, 0.717) is 0 Å². The van der Waals surface area contributed by atoms with Crippen LogP contribution in [0.4, 0.5) is 0 Å². The summed E-state index contributed by atoms with van der Waals surface area (Å²) in [5.74, 6) is -0.276. The second-order valence-electron chi connectivity index (χ2n) is 8.53. The fraction of sp³-hybridized carbons (Fsp3) is 0.750. The van der Waals surface area contributed by atoms with Crippen LogP contribution in [-0.2, 0) is 0 Å². The Morgan fingerprint density at radius 3 is 0.788 bits per heavy atom. The molecule has 33 heavy (non-hydrogen) atoms. The fourth-order valence-electron chi connectivity index (χ4n) is 0.715. The summed E-state index contributed by atoms with van der Waals surface area (Å²) in [4.78, 5) is 8.36. The van der Waals surface area contributed by atoms with E-state index < -0.39 is 27.2 Å². The lowest BCUT2D eigenvalue weighted by molar-refractivity contribution is -0.742. The van der Waals surface area contributed by atoms with Crippen molar-refractivity contribution >= 4 is 35.7 Å². The third kappa shape index (κ3) is 16.9. The molecule has 0 aromatic carbocycles. The van der Waals surface area contributed by atoms with Gasteiger partial charge in [-0.3, -0.25) is 21.6 Å². The maximum absolute atomic E-state index is 8.36. The van der Waals surface area contributed by atoms with Gasteiger partial charge in [-0.15, -0.1) is 22.5 Å². The van der Waals surface area contributed by atoms with Crippen molar-refractivity contribution in [3.05, 3.63) is 10.1 Å². The average molecular weight is 496 g/mol. The molecular weight excluding hydrogens is 458 g/mol. The summed E-state index contributed by atoms with van der Waals surface area (Å²) in [6.45, 7) is 13.4. The molecule has 0 aromatic heterocycles. The fourth-order valence-corrected chi connectivity index (χ4v) is 0.715. The number of hydrogen-bond donors (Lipinski definition) is 9. The number of amidine groups is 4. The summed E-state index contributed by atoms with van der Waals surface area (Å²) in [5, 5.41) is 58.3. The van der Waals surface area contributed by atoms with Crippen LogP contribution in [0.2, 0.25) is 0 Å². The first-order valence-corrected chi connectivity index (χ1v) is 9.01. The van der Waals surface area contributed by atoms with Crippen molar-refractivity contribution in [1.82, 2.24) is 0 Å². The van der Waals surface area contributed by atoms with E-state index in [4.69, 9.17) is 59.9 Å². The van der Waals surface area contributed by atoms with Crippen LogP contribution in [0.15, 0.2) is 20.5 Å². The highest BCUT2D eigenvalue weighted by molar-refractivity contribution is 5.88. The molecule has 192 valence electrons. The van der Waals surface area contributed by atoms with E-state index in [1.54, 1.807) is 55.4 Å². The summed E-state index contributed by atoms with van der Waals surface area (Å²) in [5.41, 5.74) is 17.9. The number of nitrogens with zero attached hydrogens (tertiary/aromatic N) is 5. The molecule has 0 fully saturated rings. The molecule has 0 spiro atoms. The zero-order valence-corrected chi connectivity index (χ0v) is 21.0. The van der Waals surface area contributed by atoms with Crippen molar-refractivity contribution < 1.29 is 10.3 Å². The maximum Gasteiger partial charge on any atom is 0.291 e. The molecule has 0 saturated heterocycles. The summed E-state index contributed by atoms with van der Waals surface area (Å²) < 4.78 is 0. The minimum Gasteiger partial charge on any atom is -0.386 e. The first-order valence-electron chi connectivity index (χ1n) is 9.01. The van der Waals surface area contributed by atoms with Gasteiger partial charge in [0.1, 0.15) is 45.5 Å². The number of halogens is 1. The molecule has 0 aliphatic heterocycles. The van der Waals surface area contributed by atoms with Crippen LogP contribution < -0.4 is 22.9 Å². The van der Waals surface area contributed by atoms with Gasteiger partial charge in [-0.1, -0.05) is 0 Å². The Balaban J connectivity index is -0.000000213. The van der Waals surface area contributed by atoms with Gasteiger partial charge in [-0.05, 0) is 55.4 Å². The van der Waals surface area contributed by atoms with Crippen LogP contribution in [0, 0.1) is 31.8 Å². The molecule has 13 N–H and O–H groups in total. The number of rotatable bonds is 8. The Hall–Kier alpha value is -3.43. The number of azo groups is 2. The van der Waals surface area contributed by atoms with Crippen molar-refractivity contribution in [1.29, 1.82) is 21.6 Å². The quantitative estimate of drug-likeness (QED) is 0.0788. The largest absolute Gasteiger partial charge is 0.386 e. The van der Waals surface area contributed by atoms with E-state index in [1.165, 1.54) is 0 Å². The lowest BCUT2D eigenvalue weighted by Crippen LogP contribution is -2.38. The van der Waals surface area contributed by atoms with Crippen LogP contribution in [0.3, 0.4) is 0 Å². The monoisotopic (exact) mass is 495 g/mol. The predicted octanol–water partition coefficient (Wildman–Crippen LogP) is 1.81. The molecule has 17 heteroatoms. The van der Waals surface area contributed by atoms with Gasteiger partial charge in [0.2, 0.25) is 0 Å². The summed E-state index contributed by atoms with van der Waals surface area (Å²) in [6.07, 6.45) is 0. The zero-order chi connectivity index (χ0) is 26.7. The minimum atomic E-state index is -1.50. The molecule has 0 aliphatic carbocycles. The highest BCUT2D eigenvalue weighted by Crippen LogP contribution is 2.16. The molecule has 0 rings (SSSR count). The lowest BCUT2D eigenvalue weighted by Gasteiger charge is -2.20. The second kappa shape index (κ2) is 13.9. The van der Waals surface area contributed by atoms with Crippen molar-refractivity contribution in [2.45, 2.75) is 77.5 Å². The molecule has 0 atom stereocenters. The number of nitrogens with one attached hydrogen (secondary N) is 4. The van der Waals surface area contributed by atoms with E-state index in [-0.39, 0.29) is 35.7 Å². The van der Waals surface area contributed by atoms with E-state index >= 15 is 0 Å². The minimum absolute atomic E-state index is 0. The molecule has 0 saturated carbocycles. The van der Waals surface area contributed by atoms with Crippen molar-refractivity contribution in [2.75, 3.05) is 0 Å². The standard InChI is InChI=1S/2C8H18N6.ClH.HNO3/c2*1-7(2,5(9)10)13-14-8(3,4)6(11)12;;2-1(3)4/h2*1-4H3,(H3,9,10)(H3,11,12);1H;(H,2,3,4). The van der Waals surface area contributed by atoms with Gasteiger partial charge in [0.15, 0.2) is 0 Å². The number of nitrogens with two attached hydrogens (primary N) is 4. The molecular formula is C16H38ClN13O3. The Kier molecular flexibility index (Phi) is 15.5. The topological polar surface area (TPSA) is 312 Å². The van der Waals surface area contributed by atoms with E-state index in [9.17, 15) is 0 Å². The maximum atomic E-state index is 8.36. The van der Waals surface area contributed by atoms with E-state index in [0.717, 1.165) is 0 Å². The van der Waals surface area contributed by atoms with Crippen molar-refractivity contribution in [3.8, 4) is 0 Å². The van der Waals surface area contributed by atoms with Crippen molar-refractivity contribution in [3.63, 3.8) is 0 Å². The summed E-state index contributed by atoms with van der Waals surface area (Å²) in [6, 6.07) is 0. The molecule has 0 heterocycles. The SMILES string of the molecule is CC(C)(N=NC(C)(C)C(=N)N)C(=N)N.CC(C)(N=NC(C)(C)C(=N)N)C(=N)N.Cl.O=[N+]([O-])O. The molecule has 0 unspecified atom stereocenters. The molecule has 16 nitrogen and oxygen atoms in total. The molecule has 0 amide bonds. The molecule has 0 radical (unpaired) electrons. The Bertz CT molecular complexity index is 656. The van der Waals surface area contributed by atoms with Crippen LogP contribution in [0.5, 0.6) is 0 Å². The third-order valence-electron chi connectivity index (χ3n) is 3.74. The van der Waals surface area contributed by atoms with Gasteiger partial charge in [0.05, 0.1) is 0 Å². The third-order valence-corrected chi connectivity index (χ3v) is 3.74. The van der Waals surface area contributed by atoms with Crippen molar-refractivity contribution in [2.24, 2.45) is 43.4 Å². The van der Waals surface area contributed by atoms with E-state index in [1.807, 2.05) is 0 Å². The molecule has 0 aliphatic rings. The van der Waals surface area contributed by atoms with Gasteiger partial charge >= 0.3 is 0 Å². The second-order valence-corrected chi connectivity index (χ2v) is 8.53. The number of hydrogen-bond acceptors (Lipinski definition) is 10. The summed E-state index contributed by atoms with van der Waals surface area (Å²) >= 11 is 0. The summed E-state index contributed by atoms with van der Waals surface area (Å²) in [7, 11) is 0.